The van der Waals surface area contributed by atoms with Crippen molar-refractivity contribution in [1.82, 2.24) is 14.8 Å². The molecule has 3 heterocycles. The van der Waals surface area contributed by atoms with E-state index in [4.69, 9.17) is 0 Å². The van der Waals surface area contributed by atoms with Gasteiger partial charge in [0.1, 0.15) is 10.8 Å². The van der Waals surface area contributed by atoms with Gasteiger partial charge < -0.3 is 9.80 Å². The molecule has 0 saturated carbocycles. The van der Waals surface area contributed by atoms with Gasteiger partial charge >= 0.3 is 0 Å². The van der Waals surface area contributed by atoms with Crippen LogP contribution < -0.4 is 0 Å². The van der Waals surface area contributed by atoms with Gasteiger partial charge in [0.2, 0.25) is 0 Å². The molecule has 0 radical (unpaired) electrons. The molecule has 4 rings (SSSR count). The number of hydrogen-bond acceptors (Lipinski definition) is 6. The van der Waals surface area contributed by atoms with Crippen LogP contribution in [0.15, 0.2) is 39.5 Å². The molecule has 1 aromatic carbocycles. The predicted octanol–water partition coefficient (Wildman–Crippen LogP) is 3.95. The first kappa shape index (κ1) is 19.3. The highest BCUT2D eigenvalue weighted by Gasteiger charge is 2.29. The summed E-state index contributed by atoms with van der Waals surface area (Å²) in [5.74, 6) is -0.481. The minimum Gasteiger partial charge on any atom is -0.351 e. The zero-order valence-corrected chi connectivity index (χ0v) is 17.4. The van der Waals surface area contributed by atoms with Crippen molar-refractivity contribution in [3.05, 3.63) is 46.1 Å². The van der Waals surface area contributed by atoms with E-state index in [0.29, 0.717) is 10.9 Å². The fraction of sp³-hybridized carbons (Fsp3) is 0.350. The zero-order chi connectivity index (χ0) is 19.7. The third-order valence-electron chi connectivity index (χ3n) is 5.04. The van der Waals surface area contributed by atoms with Crippen LogP contribution in [0.3, 0.4) is 0 Å². The molecule has 1 saturated heterocycles. The second-order valence-corrected chi connectivity index (χ2v) is 8.91. The van der Waals surface area contributed by atoms with Crippen molar-refractivity contribution < 1.29 is 9.18 Å². The second kappa shape index (κ2) is 8.14. The highest BCUT2D eigenvalue weighted by atomic mass is 32.2. The summed E-state index contributed by atoms with van der Waals surface area (Å²) in [7, 11) is 4.16. The van der Waals surface area contributed by atoms with E-state index in [1.807, 2.05) is 12.4 Å². The maximum atomic E-state index is 13.1. The van der Waals surface area contributed by atoms with Gasteiger partial charge in [0.15, 0.2) is 5.17 Å². The smallest absolute Gasteiger partial charge is 0.286 e. The van der Waals surface area contributed by atoms with Crippen LogP contribution >= 0.6 is 23.1 Å². The summed E-state index contributed by atoms with van der Waals surface area (Å²) in [5, 5.41) is 3.46. The van der Waals surface area contributed by atoms with Gasteiger partial charge in [0, 0.05) is 24.0 Å². The number of piperidine rings is 1. The number of halogens is 1. The summed E-state index contributed by atoms with van der Waals surface area (Å²) in [6.45, 7) is 2.13. The lowest BCUT2D eigenvalue weighted by atomic mass is 10.1. The molecule has 1 amide bonds. The molecule has 0 aliphatic carbocycles. The maximum Gasteiger partial charge on any atom is 0.286 e. The number of likely N-dealkylation sites (tertiary alicyclic amines) is 1. The second-order valence-electron chi connectivity index (χ2n) is 7.04. The van der Waals surface area contributed by atoms with E-state index in [2.05, 4.69) is 26.8 Å². The molecule has 28 heavy (non-hydrogen) atoms. The van der Waals surface area contributed by atoms with Crippen molar-refractivity contribution in [3.63, 3.8) is 0 Å². The van der Waals surface area contributed by atoms with Crippen LogP contribution in [-0.2, 0) is 4.79 Å². The van der Waals surface area contributed by atoms with Crippen LogP contribution in [0.5, 0.6) is 0 Å². The number of amidine groups is 1. The average Bonchev–Trinajstić information content (AvgIpc) is 3.30. The van der Waals surface area contributed by atoms with Crippen molar-refractivity contribution in [2.45, 2.75) is 18.9 Å². The Kier molecular flexibility index (Phi) is 5.61. The molecule has 1 fully saturated rings. The molecule has 0 atom stereocenters. The largest absolute Gasteiger partial charge is 0.351 e. The zero-order valence-electron chi connectivity index (χ0n) is 15.8. The average molecular weight is 417 g/mol. The summed E-state index contributed by atoms with van der Waals surface area (Å²) in [6, 6.07) is 6.67. The summed E-state index contributed by atoms with van der Waals surface area (Å²) >= 11 is 2.88. The summed E-state index contributed by atoms with van der Waals surface area (Å²) in [6.07, 6.45) is 3.94. The van der Waals surface area contributed by atoms with Crippen molar-refractivity contribution in [1.29, 1.82) is 0 Å². The fourth-order valence-corrected chi connectivity index (χ4v) is 5.01. The molecule has 2 aliphatic rings. The number of thioether (sulfide) groups is 1. The molecular weight excluding hydrogens is 395 g/mol. The highest BCUT2D eigenvalue weighted by molar-refractivity contribution is 8.18. The number of amides is 1. The van der Waals surface area contributed by atoms with Gasteiger partial charge in [0.25, 0.3) is 5.91 Å². The molecule has 146 valence electrons. The molecule has 0 unspecified atom stereocenters. The van der Waals surface area contributed by atoms with E-state index in [1.165, 1.54) is 35.2 Å². The van der Waals surface area contributed by atoms with Gasteiger partial charge in [-0.1, -0.05) is 0 Å². The Labute approximate surface area is 172 Å². The van der Waals surface area contributed by atoms with Crippen molar-refractivity contribution in [2.24, 2.45) is 4.99 Å². The number of carbonyl (C=O) groups is 1. The first-order chi connectivity index (χ1) is 13.5. The monoisotopic (exact) mass is 416 g/mol. The van der Waals surface area contributed by atoms with Gasteiger partial charge in [-0.2, -0.15) is 4.99 Å². The SMILES string of the molecule is CN1CCC(N(C)C2=NC(=O)/C(=C\c3csc(-c4ccc(F)cc4)n3)S2)CC1. The lowest BCUT2D eigenvalue weighted by Crippen LogP contribution is -2.43. The van der Waals surface area contributed by atoms with E-state index in [1.54, 1.807) is 18.2 Å². The van der Waals surface area contributed by atoms with Gasteiger partial charge in [-0.05, 0) is 75.1 Å². The van der Waals surface area contributed by atoms with E-state index in [-0.39, 0.29) is 11.7 Å². The molecule has 0 N–H and O–H groups in total. The maximum absolute atomic E-state index is 13.1. The van der Waals surface area contributed by atoms with E-state index < -0.39 is 0 Å². The summed E-state index contributed by atoms with van der Waals surface area (Å²) in [4.78, 5) is 26.2. The van der Waals surface area contributed by atoms with Crippen LogP contribution in [0.25, 0.3) is 16.6 Å². The van der Waals surface area contributed by atoms with Crippen molar-refractivity contribution in [2.75, 3.05) is 27.2 Å². The molecule has 1 aromatic heterocycles. The van der Waals surface area contributed by atoms with Crippen LogP contribution in [0, 0.1) is 5.82 Å². The number of aromatic nitrogens is 1. The van der Waals surface area contributed by atoms with E-state index in [9.17, 15) is 9.18 Å². The number of rotatable bonds is 3. The summed E-state index contributed by atoms with van der Waals surface area (Å²) < 4.78 is 13.1. The Hall–Kier alpha value is -2.03. The first-order valence-electron chi connectivity index (χ1n) is 9.15. The lowest BCUT2D eigenvalue weighted by molar-refractivity contribution is -0.113. The molecular formula is C20H21FN4OS2. The minimum absolute atomic E-state index is 0.212. The van der Waals surface area contributed by atoms with Gasteiger partial charge in [-0.3, -0.25) is 4.79 Å². The normalized spacial score (nSPS) is 20.0. The number of benzene rings is 1. The van der Waals surface area contributed by atoms with Gasteiger partial charge in [-0.15, -0.1) is 11.3 Å². The third kappa shape index (κ3) is 4.19. The number of nitrogens with zero attached hydrogens (tertiary/aromatic N) is 4. The molecule has 8 heteroatoms. The first-order valence-corrected chi connectivity index (χ1v) is 10.8. The number of hydrogen-bond donors (Lipinski definition) is 0. The standard InChI is InChI=1S/C20H21FN4OS2/c1-24-9-7-16(8-10-24)25(2)20-23-18(26)17(28-20)11-15-12-27-19(22-15)13-3-5-14(21)6-4-13/h3-6,11-12,16H,7-10H2,1-2H3/b17-11+. The van der Waals surface area contributed by atoms with Gasteiger partial charge in [-0.25, -0.2) is 9.37 Å². The number of thiazole rings is 1. The van der Waals surface area contributed by atoms with Crippen LogP contribution in [-0.4, -0.2) is 59.1 Å². The molecule has 2 aromatic rings. The molecule has 0 spiro atoms. The summed E-state index contributed by atoms with van der Waals surface area (Å²) in [5.41, 5.74) is 1.58. The highest BCUT2D eigenvalue weighted by Crippen LogP contribution is 2.33. The lowest BCUT2D eigenvalue weighted by Gasteiger charge is -2.35. The number of aliphatic imine (C=N–C) groups is 1. The van der Waals surface area contributed by atoms with E-state index >= 15 is 0 Å². The Balaban J connectivity index is 1.45. The van der Waals surface area contributed by atoms with Crippen LogP contribution in [0.2, 0.25) is 0 Å². The topological polar surface area (TPSA) is 48.8 Å². The molecule has 0 bridgehead atoms. The predicted molar refractivity (Wildman–Crippen MR) is 114 cm³/mol. The quantitative estimate of drug-likeness (QED) is 0.709. The minimum atomic E-state index is -0.269. The van der Waals surface area contributed by atoms with Gasteiger partial charge in [0.05, 0.1) is 10.6 Å². The van der Waals surface area contributed by atoms with E-state index in [0.717, 1.165) is 47.4 Å². The Morgan fingerprint density at radius 1 is 1.25 bits per heavy atom. The fourth-order valence-electron chi connectivity index (χ4n) is 3.30. The Bertz CT molecular complexity index is 930. The van der Waals surface area contributed by atoms with Crippen molar-refractivity contribution in [3.8, 4) is 10.6 Å². The Morgan fingerprint density at radius 2 is 1.96 bits per heavy atom. The molecule has 5 nitrogen and oxygen atoms in total. The van der Waals surface area contributed by atoms with Crippen LogP contribution in [0.4, 0.5) is 4.39 Å². The van der Waals surface area contributed by atoms with Crippen molar-refractivity contribution >= 4 is 40.2 Å². The molecule has 2 aliphatic heterocycles. The number of carbonyl (C=O) groups excluding carboxylic acids is 1. The Morgan fingerprint density at radius 3 is 2.68 bits per heavy atom. The third-order valence-corrected chi connectivity index (χ3v) is 7.02. The van der Waals surface area contributed by atoms with Crippen LogP contribution in [0.1, 0.15) is 18.5 Å².